The van der Waals surface area contributed by atoms with Gasteiger partial charge in [-0.3, -0.25) is 4.79 Å². The zero-order chi connectivity index (χ0) is 11.5. The number of hydrogen-bond donors (Lipinski definition) is 1. The zero-order valence-corrected chi connectivity index (χ0v) is 10.3. The lowest BCUT2D eigenvalue weighted by Crippen LogP contribution is -2.51. The molecule has 2 rings (SSSR count). The van der Waals surface area contributed by atoms with Crippen molar-refractivity contribution in [2.45, 2.75) is 6.04 Å². The number of nitrogens with two attached hydrogens (primary N) is 1. The van der Waals surface area contributed by atoms with E-state index in [4.69, 9.17) is 22.1 Å². The van der Waals surface area contributed by atoms with Crippen molar-refractivity contribution in [3.05, 3.63) is 21.3 Å². The van der Waals surface area contributed by atoms with Crippen molar-refractivity contribution in [3.8, 4) is 0 Å². The van der Waals surface area contributed by atoms with E-state index in [9.17, 15) is 4.79 Å². The van der Waals surface area contributed by atoms with Gasteiger partial charge in [0.15, 0.2) is 0 Å². The lowest BCUT2D eigenvalue weighted by molar-refractivity contribution is 0.00111. The SMILES string of the molecule is NCC1COCCN1C(=O)c1ccc(Cl)s1. The van der Waals surface area contributed by atoms with Gasteiger partial charge in [-0.05, 0) is 12.1 Å². The van der Waals surface area contributed by atoms with Crippen molar-refractivity contribution in [3.63, 3.8) is 0 Å². The number of carbonyl (C=O) groups is 1. The minimum absolute atomic E-state index is 0.00403. The first-order valence-electron chi connectivity index (χ1n) is 5.06. The fourth-order valence-corrected chi connectivity index (χ4v) is 2.69. The lowest BCUT2D eigenvalue weighted by Gasteiger charge is -2.34. The normalized spacial score (nSPS) is 21.1. The van der Waals surface area contributed by atoms with Crippen molar-refractivity contribution in [1.82, 2.24) is 4.90 Å². The Hall–Kier alpha value is -0.620. The van der Waals surface area contributed by atoms with Crippen molar-refractivity contribution >= 4 is 28.8 Å². The summed E-state index contributed by atoms with van der Waals surface area (Å²) >= 11 is 7.11. The third-order valence-corrected chi connectivity index (χ3v) is 3.76. The molecule has 1 aliphatic heterocycles. The molecule has 6 heteroatoms. The maximum atomic E-state index is 12.1. The molecule has 4 nitrogen and oxygen atoms in total. The molecule has 2 N–H and O–H groups in total. The molecule has 0 bridgehead atoms. The van der Waals surface area contributed by atoms with Crippen LogP contribution >= 0.6 is 22.9 Å². The highest BCUT2D eigenvalue weighted by molar-refractivity contribution is 7.17. The standard InChI is InChI=1S/C10H13ClN2O2S/c11-9-2-1-8(16-9)10(14)13-3-4-15-6-7(13)5-12/h1-2,7H,3-6,12H2. The van der Waals surface area contributed by atoms with Gasteiger partial charge < -0.3 is 15.4 Å². The Balaban J connectivity index is 2.13. The molecular weight excluding hydrogens is 248 g/mol. The summed E-state index contributed by atoms with van der Waals surface area (Å²) in [5.74, 6) is -0.00403. The molecule has 0 radical (unpaired) electrons. The molecule has 16 heavy (non-hydrogen) atoms. The third kappa shape index (κ3) is 2.38. The second kappa shape index (κ2) is 5.14. The molecule has 0 saturated carbocycles. The maximum Gasteiger partial charge on any atom is 0.264 e. The van der Waals surface area contributed by atoms with Crippen LogP contribution in [-0.4, -0.2) is 43.2 Å². The van der Waals surface area contributed by atoms with Gasteiger partial charge >= 0.3 is 0 Å². The van der Waals surface area contributed by atoms with Crippen LogP contribution in [0.5, 0.6) is 0 Å². The van der Waals surface area contributed by atoms with E-state index in [1.807, 2.05) is 0 Å². The summed E-state index contributed by atoms with van der Waals surface area (Å²) in [5, 5.41) is 0. The zero-order valence-electron chi connectivity index (χ0n) is 8.69. The summed E-state index contributed by atoms with van der Waals surface area (Å²) in [6.45, 7) is 2.10. The van der Waals surface area contributed by atoms with Gasteiger partial charge in [0.05, 0.1) is 28.5 Å². The van der Waals surface area contributed by atoms with Crippen LogP contribution in [0.25, 0.3) is 0 Å². The fraction of sp³-hybridized carbons (Fsp3) is 0.500. The van der Waals surface area contributed by atoms with Gasteiger partial charge in [0.25, 0.3) is 5.91 Å². The van der Waals surface area contributed by atoms with Crippen LogP contribution in [0.3, 0.4) is 0 Å². The number of hydrogen-bond acceptors (Lipinski definition) is 4. The van der Waals surface area contributed by atoms with E-state index in [0.717, 1.165) is 0 Å². The summed E-state index contributed by atoms with van der Waals surface area (Å²) < 4.78 is 5.92. The first kappa shape index (κ1) is 11.9. The highest BCUT2D eigenvalue weighted by Crippen LogP contribution is 2.23. The molecule has 1 amide bonds. The van der Waals surface area contributed by atoms with Gasteiger partial charge in [0.2, 0.25) is 0 Å². The molecule has 1 unspecified atom stereocenters. The van der Waals surface area contributed by atoms with E-state index in [0.29, 0.717) is 35.5 Å². The Morgan fingerprint density at radius 1 is 1.69 bits per heavy atom. The van der Waals surface area contributed by atoms with Gasteiger partial charge in [-0.25, -0.2) is 0 Å². The van der Waals surface area contributed by atoms with Crippen LogP contribution in [0.1, 0.15) is 9.67 Å². The number of nitrogens with zero attached hydrogens (tertiary/aromatic N) is 1. The highest BCUT2D eigenvalue weighted by atomic mass is 35.5. The summed E-state index contributed by atoms with van der Waals surface area (Å²) in [6.07, 6.45) is 0. The molecule has 1 aromatic rings. The molecule has 1 fully saturated rings. The number of carbonyl (C=O) groups excluding carboxylic acids is 1. The van der Waals surface area contributed by atoms with Crippen LogP contribution in [-0.2, 0) is 4.74 Å². The Labute approximate surface area is 103 Å². The molecule has 1 saturated heterocycles. The average molecular weight is 261 g/mol. The van der Waals surface area contributed by atoms with Crippen LogP contribution in [0.4, 0.5) is 0 Å². The molecular formula is C10H13ClN2O2S. The predicted octanol–water partition coefficient (Wildman–Crippen LogP) is 1.20. The van der Waals surface area contributed by atoms with E-state index in [1.165, 1.54) is 11.3 Å². The fourth-order valence-electron chi connectivity index (χ4n) is 1.69. The van der Waals surface area contributed by atoms with E-state index in [-0.39, 0.29) is 11.9 Å². The van der Waals surface area contributed by atoms with Gasteiger partial charge in [-0.2, -0.15) is 0 Å². The summed E-state index contributed by atoms with van der Waals surface area (Å²) in [4.78, 5) is 14.6. The molecule has 0 aliphatic carbocycles. The highest BCUT2D eigenvalue weighted by Gasteiger charge is 2.27. The maximum absolute atomic E-state index is 12.1. The molecule has 1 aliphatic rings. The number of halogens is 1. The average Bonchev–Trinajstić information content (AvgIpc) is 2.75. The Morgan fingerprint density at radius 3 is 3.12 bits per heavy atom. The van der Waals surface area contributed by atoms with Crippen molar-refractivity contribution in [2.75, 3.05) is 26.3 Å². The number of morpholine rings is 1. The van der Waals surface area contributed by atoms with E-state index in [2.05, 4.69) is 0 Å². The van der Waals surface area contributed by atoms with E-state index < -0.39 is 0 Å². The minimum atomic E-state index is -0.0258. The lowest BCUT2D eigenvalue weighted by atomic mass is 10.2. The Morgan fingerprint density at radius 2 is 2.50 bits per heavy atom. The van der Waals surface area contributed by atoms with Crippen molar-refractivity contribution in [1.29, 1.82) is 0 Å². The second-order valence-corrected chi connectivity index (χ2v) is 5.28. The van der Waals surface area contributed by atoms with E-state index in [1.54, 1.807) is 17.0 Å². The van der Waals surface area contributed by atoms with Crippen LogP contribution in [0.2, 0.25) is 4.34 Å². The second-order valence-electron chi connectivity index (χ2n) is 3.57. The number of amides is 1. The largest absolute Gasteiger partial charge is 0.377 e. The minimum Gasteiger partial charge on any atom is -0.377 e. The van der Waals surface area contributed by atoms with E-state index >= 15 is 0 Å². The number of thiophene rings is 1. The molecule has 2 heterocycles. The van der Waals surface area contributed by atoms with Crippen LogP contribution < -0.4 is 5.73 Å². The van der Waals surface area contributed by atoms with Gasteiger partial charge in [0, 0.05) is 13.1 Å². The molecule has 1 aromatic heterocycles. The Bertz CT molecular complexity index is 383. The van der Waals surface area contributed by atoms with Crippen LogP contribution in [0, 0.1) is 0 Å². The first-order chi connectivity index (χ1) is 7.72. The van der Waals surface area contributed by atoms with Crippen molar-refractivity contribution < 1.29 is 9.53 Å². The monoisotopic (exact) mass is 260 g/mol. The number of rotatable bonds is 2. The molecule has 88 valence electrons. The third-order valence-electron chi connectivity index (χ3n) is 2.54. The summed E-state index contributed by atoms with van der Waals surface area (Å²) in [6, 6.07) is 3.46. The smallest absolute Gasteiger partial charge is 0.264 e. The van der Waals surface area contributed by atoms with Crippen molar-refractivity contribution in [2.24, 2.45) is 5.73 Å². The van der Waals surface area contributed by atoms with Gasteiger partial charge in [-0.1, -0.05) is 11.6 Å². The topological polar surface area (TPSA) is 55.6 Å². The summed E-state index contributed by atoms with van der Waals surface area (Å²) in [5.41, 5.74) is 5.62. The number of ether oxygens (including phenoxy) is 1. The molecule has 1 atom stereocenters. The van der Waals surface area contributed by atoms with Gasteiger partial charge in [-0.15, -0.1) is 11.3 Å². The molecule has 0 aromatic carbocycles. The quantitative estimate of drug-likeness (QED) is 0.869. The van der Waals surface area contributed by atoms with Gasteiger partial charge in [0.1, 0.15) is 0 Å². The Kier molecular flexibility index (Phi) is 3.81. The van der Waals surface area contributed by atoms with Crippen LogP contribution in [0.15, 0.2) is 12.1 Å². The summed E-state index contributed by atoms with van der Waals surface area (Å²) in [7, 11) is 0. The first-order valence-corrected chi connectivity index (χ1v) is 6.26. The molecule has 0 spiro atoms. The predicted molar refractivity (Wildman–Crippen MR) is 64.0 cm³/mol.